The Balaban J connectivity index is 1.13. The Morgan fingerprint density at radius 1 is 0.464 bits per heavy atom. The lowest BCUT2D eigenvalue weighted by molar-refractivity contribution is 0.423. The highest BCUT2D eigenvalue weighted by Gasteiger charge is 2.36. The normalized spacial score (nSPS) is 13.5. The maximum atomic E-state index is 7.01. The lowest BCUT2D eigenvalue weighted by Crippen LogP contribution is -2.24. The van der Waals surface area contributed by atoms with Crippen molar-refractivity contribution in [1.29, 1.82) is 0 Å². The van der Waals surface area contributed by atoms with E-state index < -0.39 is 0 Å². The Bertz CT molecular complexity index is 3350. The van der Waals surface area contributed by atoms with E-state index in [1.165, 1.54) is 76.5 Å². The van der Waals surface area contributed by atoms with Crippen LogP contribution in [-0.2, 0) is 5.41 Å². The third-order valence-electron chi connectivity index (χ3n) is 12.3. The monoisotopic (exact) mass is 716 g/mol. The fourth-order valence-electron chi connectivity index (χ4n) is 9.69. The van der Waals surface area contributed by atoms with Crippen molar-refractivity contribution in [3.05, 3.63) is 193 Å². The predicted octanol–water partition coefficient (Wildman–Crippen LogP) is 14.7. The quantitative estimate of drug-likeness (QED) is 0.133. The fraction of sp³-hybridized carbons (Fsp3) is 0.0566. The van der Waals surface area contributed by atoms with Crippen LogP contribution in [0.1, 0.15) is 25.0 Å². The second-order valence-electron chi connectivity index (χ2n) is 15.7. The van der Waals surface area contributed by atoms with E-state index >= 15 is 0 Å². The maximum absolute atomic E-state index is 7.01. The van der Waals surface area contributed by atoms with Crippen LogP contribution in [0.3, 0.4) is 0 Å². The summed E-state index contributed by atoms with van der Waals surface area (Å²) in [5.41, 5.74) is 11.4. The molecule has 2 aromatic heterocycles. The lowest BCUT2D eigenvalue weighted by atomic mass is 9.75. The van der Waals surface area contributed by atoms with Gasteiger partial charge in [-0.05, 0) is 63.7 Å². The number of rotatable bonds is 4. The van der Waals surface area contributed by atoms with Crippen LogP contribution < -0.4 is 9.64 Å². The SMILES string of the molecule is CC1(C)c2ccc(N(c3ccc(-c4ccccc4)cc3)c3cccc4c3c3cccc5c6cccc7cccc(c76)n4c53)cc2Oc2c1ccc1ccccc21. The minimum absolute atomic E-state index is 0.247. The van der Waals surface area contributed by atoms with Gasteiger partial charge in [-0.25, -0.2) is 0 Å². The minimum Gasteiger partial charge on any atom is -0.456 e. The second kappa shape index (κ2) is 11.5. The Hall–Kier alpha value is -7.10. The molecule has 0 radical (unpaired) electrons. The molecule has 0 amide bonds. The summed E-state index contributed by atoms with van der Waals surface area (Å²) in [6.45, 7) is 4.63. The van der Waals surface area contributed by atoms with E-state index in [1.54, 1.807) is 0 Å². The van der Waals surface area contributed by atoms with Crippen LogP contribution in [0.25, 0.3) is 70.8 Å². The first-order chi connectivity index (χ1) is 27.5. The van der Waals surface area contributed by atoms with Crippen LogP contribution >= 0.6 is 0 Å². The summed E-state index contributed by atoms with van der Waals surface area (Å²) in [7, 11) is 0. The number of aromatic nitrogens is 1. The molecule has 9 aromatic carbocycles. The van der Waals surface area contributed by atoms with Crippen molar-refractivity contribution in [2.45, 2.75) is 19.3 Å². The maximum Gasteiger partial charge on any atom is 0.139 e. The highest BCUT2D eigenvalue weighted by molar-refractivity contribution is 6.28. The van der Waals surface area contributed by atoms with Crippen LogP contribution in [0, 0.1) is 0 Å². The van der Waals surface area contributed by atoms with Gasteiger partial charge in [0.2, 0.25) is 0 Å². The van der Waals surface area contributed by atoms with E-state index in [1.807, 2.05) is 0 Å². The molecule has 1 aliphatic rings. The molecule has 0 N–H and O–H groups in total. The predicted molar refractivity (Wildman–Crippen MR) is 235 cm³/mol. The molecule has 0 saturated heterocycles. The van der Waals surface area contributed by atoms with Gasteiger partial charge in [0.1, 0.15) is 11.5 Å². The molecule has 3 heterocycles. The largest absolute Gasteiger partial charge is 0.456 e. The number of anilines is 3. The number of para-hydroxylation sites is 1. The van der Waals surface area contributed by atoms with E-state index in [9.17, 15) is 0 Å². The van der Waals surface area contributed by atoms with Gasteiger partial charge in [-0.3, -0.25) is 0 Å². The first kappa shape index (κ1) is 31.3. The molecule has 0 spiro atoms. The van der Waals surface area contributed by atoms with E-state index in [4.69, 9.17) is 4.74 Å². The average molecular weight is 717 g/mol. The number of hydrogen-bond donors (Lipinski definition) is 0. The molecule has 264 valence electrons. The van der Waals surface area contributed by atoms with Gasteiger partial charge in [-0.2, -0.15) is 0 Å². The molecule has 0 unspecified atom stereocenters. The van der Waals surface area contributed by atoms with Gasteiger partial charge >= 0.3 is 0 Å². The highest BCUT2D eigenvalue weighted by Crippen LogP contribution is 2.53. The first-order valence-corrected chi connectivity index (χ1v) is 19.4. The van der Waals surface area contributed by atoms with E-state index in [0.717, 1.165) is 33.9 Å². The third-order valence-corrected chi connectivity index (χ3v) is 12.3. The number of nitrogens with zero attached hydrogens (tertiary/aromatic N) is 2. The first-order valence-electron chi connectivity index (χ1n) is 19.4. The molecule has 0 fully saturated rings. The molecule has 12 rings (SSSR count). The van der Waals surface area contributed by atoms with Crippen molar-refractivity contribution in [3.63, 3.8) is 0 Å². The standard InChI is InChI=1S/C53H36N2O/c1-53(2)43-31-29-38(32-48(43)56-52-39-17-7-6-14-35(39)26-30-44(52)53)54(37-27-24-34(25-28-37)33-12-4-3-5-13-33)46-22-11-23-47-50(46)42-20-10-19-41-40-18-8-15-36-16-9-21-45(49(36)40)55(47)51(41)42/h3-32H,1-2H3. The summed E-state index contributed by atoms with van der Waals surface area (Å²) in [4.78, 5) is 2.43. The molecule has 3 nitrogen and oxygen atoms in total. The summed E-state index contributed by atoms with van der Waals surface area (Å²) in [6.07, 6.45) is 0. The zero-order valence-corrected chi connectivity index (χ0v) is 31.1. The van der Waals surface area contributed by atoms with E-state index in [-0.39, 0.29) is 5.41 Å². The molecule has 1 aliphatic heterocycles. The Morgan fingerprint density at radius 3 is 1.95 bits per heavy atom. The zero-order chi connectivity index (χ0) is 37.1. The summed E-state index contributed by atoms with van der Waals surface area (Å²) >= 11 is 0. The molecular weight excluding hydrogens is 681 g/mol. The Labute approximate surface area is 324 Å². The third kappa shape index (κ3) is 4.28. The van der Waals surface area contributed by atoms with Crippen molar-refractivity contribution in [2.75, 3.05) is 4.90 Å². The number of fused-ring (bicyclic) bond motifs is 9. The van der Waals surface area contributed by atoms with E-state index in [2.05, 4.69) is 205 Å². The number of benzene rings is 9. The van der Waals surface area contributed by atoms with Crippen LogP contribution in [-0.4, -0.2) is 4.40 Å². The van der Waals surface area contributed by atoms with Crippen LogP contribution in [0.15, 0.2) is 182 Å². The van der Waals surface area contributed by atoms with Crippen molar-refractivity contribution in [3.8, 4) is 22.6 Å². The smallest absolute Gasteiger partial charge is 0.139 e. The molecule has 56 heavy (non-hydrogen) atoms. The van der Waals surface area contributed by atoms with Crippen LogP contribution in [0.4, 0.5) is 17.1 Å². The molecule has 0 aliphatic carbocycles. The lowest BCUT2D eigenvalue weighted by Gasteiger charge is -2.36. The van der Waals surface area contributed by atoms with Crippen molar-refractivity contribution in [2.24, 2.45) is 0 Å². The molecule has 3 heteroatoms. The van der Waals surface area contributed by atoms with Crippen LogP contribution in [0.2, 0.25) is 0 Å². The number of hydrogen-bond acceptors (Lipinski definition) is 2. The van der Waals surface area contributed by atoms with Gasteiger partial charge in [-0.1, -0.05) is 153 Å². The van der Waals surface area contributed by atoms with Gasteiger partial charge in [0.25, 0.3) is 0 Å². The fourth-order valence-corrected chi connectivity index (χ4v) is 9.69. The van der Waals surface area contributed by atoms with Gasteiger partial charge < -0.3 is 14.0 Å². The van der Waals surface area contributed by atoms with Gasteiger partial charge in [0.15, 0.2) is 0 Å². The Kier molecular flexibility index (Phi) is 6.40. The highest BCUT2D eigenvalue weighted by atomic mass is 16.5. The van der Waals surface area contributed by atoms with Crippen molar-refractivity contribution < 1.29 is 4.74 Å². The minimum atomic E-state index is -0.247. The number of ether oxygens (including phenoxy) is 1. The summed E-state index contributed by atoms with van der Waals surface area (Å²) in [6, 6.07) is 66.4. The van der Waals surface area contributed by atoms with Crippen LogP contribution in [0.5, 0.6) is 11.5 Å². The summed E-state index contributed by atoms with van der Waals surface area (Å²) < 4.78 is 9.50. The molecule has 0 saturated carbocycles. The van der Waals surface area contributed by atoms with Crippen molar-refractivity contribution >= 4 is 76.7 Å². The summed E-state index contributed by atoms with van der Waals surface area (Å²) in [5.74, 6) is 1.83. The zero-order valence-electron chi connectivity index (χ0n) is 31.1. The number of pyridine rings is 1. The molecule has 0 atom stereocenters. The van der Waals surface area contributed by atoms with Gasteiger partial charge in [-0.15, -0.1) is 0 Å². The Morgan fingerprint density at radius 2 is 1.09 bits per heavy atom. The van der Waals surface area contributed by atoms with Gasteiger partial charge in [0.05, 0.1) is 22.2 Å². The molecular formula is C53H36N2O. The molecule has 0 bridgehead atoms. The summed E-state index contributed by atoms with van der Waals surface area (Å²) in [5, 5.41) is 9.88. The van der Waals surface area contributed by atoms with Crippen molar-refractivity contribution in [1.82, 2.24) is 4.40 Å². The second-order valence-corrected chi connectivity index (χ2v) is 15.7. The average Bonchev–Trinajstić information content (AvgIpc) is 3.59. The van der Waals surface area contributed by atoms with E-state index in [0.29, 0.717) is 0 Å². The molecule has 11 aromatic rings. The van der Waals surface area contributed by atoms with Gasteiger partial charge in [0, 0.05) is 60.9 Å². The topological polar surface area (TPSA) is 16.9 Å².